The zero-order valence-electron chi connectivity index (χ0n) is 14.2. The van der Waals surface area contributed by atoms with Gasteiger partial charge in [-0.15, -0.1) is 11.8 Å². The third kappa shape index (κ3) is 3.38. The Hall–Kier alpha value is -1.69. The molecule has 1 aromatic rings. The van der Waals surface area contributed by atoms with Crippen LogP contribution in [0.4, 0.5) is 0 Å². The molecule has 2 atom stereocenters. The molecule has 1 N–H and O–H groups in total. The first-order valence-electron chi connectivity index (χ1n) is 8.43. The van der Waals surface area contributed by atoms with Crippen LogP contribution < -0.4 is 10.1 Å². The number of ether oxygens (including phenoxy) is 1. The lowest BCUT2D eigenvalue weighted by atomic mass is 9.84. The molecule has 1 aliphatic heterocycles. The average Bonchev–Trinajstić information content (AvgIpc) is 3.02. The highest BCUT2D eigenvalue weighted by molar-refractivity contribution is 7.99. The molecule has 1 saturated carbocycles. The van der Waals surface area contributed by atoms with Crippen LogP contribution in [-0.2, 0) is 9.59 Å². The summed E-state index contributed by atoms with van der Waals surface area (Å²) in [7, 11) is 1.63. The van der Waals surface area contributed by atoms with Gasteiger partial charge in [-0.2, -0.15) is 0 Å². The number of thioether (sulfide) groups is 1. The summed E-state index contributed by atoms with van der Waals surface area (Å²) >= 11 is 1.65. The zero-order chi connectivity index (χ0) is 17.1. The Bertz CT molecular complexity index is 618. The van der Waals surface area contributed by atoms with Gasteiger partial charge in [0.15, 0.2) is 0 Å². The number of carbonyl (C=O) groups excluding carboxylic acids is 2. The van der Waals surface area contributed by atoms with E-state index in [1.165, 1.54) is 0 Å². The fraction of sp³-hybridized carbons (Fsp3) is 0.556. The number of rotatable bonds is 5. The minimum absolute atomic E-state index is 0.0777. The van der Waals surface area contributed by atoms with Gasteiger partial charge in [0.1, 0.15) is 11.8 Å². The molecule has 6 heteroatoms. The predicted molar refractivity (Wildman–Crippen MR) is 94.9 cm³/mol. The summed E-state index contributed by atoms with van der Waals surface area (Å²) in [6.45, 7) is 1.94. The van der Waals surface area contributed by atoms with Crippen LogP contribution in [0, 0.1) is 5.92 Å². The summed E-state index contributed by atoms with van der Waals surface area (Å²) in [6.07, 6.45) is 3.05. The average molecular weight is 348 g/mol. The summed E-state index contributed by atoms with van der Waals surface area (Å²) in [5.41, 5.74) is 0.941. The first-order chi connectivity index (χ1) is 11.6. The second-order valence-electron chi connectivity index (χ2n) is 6.42. The molecule has 0 bridgehead atoms. The van der Waals surface area contributed by atoms with Gasteiger partial charge in [-0.3, -0.25) is 9.59 Å². The van der Waals surface area contributed by atoms with Gasteiger partial charge in [-0.05, 0) is 25.8 Å². The quantitative estimate of drug-likeness (QED) is 0.888. The molecule has 2 aliphatic rings. The topological polar surface area (TPSA) is 58.6 Å². The number of benzene rings is 1. The Morgan fingerprint density at radius 3 is 2.75 bits per heavy atom. The van der Waals surface area contributed by atoms with Gasteiger partial charge in [0.2, 0.25) is 11.8 Å². The predicted octanol–water partition coefficient (Wildman–Crippen LogP) is 2.57. The van der Waals surface area contributed by atoms with Gasteiger partial charge in [0.25, 0.3) is 0 Å². The number of methoxy groups -OCH3 is 1. The van der Waals surface area contributed by atoms with Crippen molar-refractivity contribution < 1.29 is 14.3 Å². The number of para-hydroxylation sites is 1. The molecule has 5 nitrogen and oxygen atoms in total. The van der Waals surface area contributed by atoms with Crippen molar-refractivity contribution in [3.63, 3.8) is 0 Å². The summed E-state index contributed by atoms with van der Waals surface area (Å²) in [5, 5.41) is 3.05. The van der Waals surface area contributed by atoms with E-state index in [9.17, 15) is 9.59 Å². The maximum Gasteiger partial charge on any atom is 0.244 e. The van der Waals surface area contributed by atoms with E-state index < -0.39 is 0 Å². The lowest BCUT2D eigenvalue weighted by Gasteiger charge is -2.32. The molecule has 0 aromatic heterocycles. The van der Waals surface area contributed by atoms with Crippen molar-refractivity contribution in [3.8, 4) is 5.75 Å². The molecule has 1 aliphatic carbocycles. The van der Waals surface area contributed by atoms with Crippen molar-refractivity contribution in [2.45, 2.75) is 38.3 Å². The lowest BCUT2D eigenvalue weighted by molar-refractivity contribution is -0.143. The van der Waals surface area contributed by atoms with Crippen LogP contribution in [0.5, 0.6) is 5.75 Å². The highest BCUT2D eigenvalue weighted by Crippen LogP contribution is 2.32. The number of hydrogen-bond donors (Lipinski definition) is 1. The molecule has 1 saturated heterocycles. The molecule has 3 rings (SSSR count). The first kappa shape index (κ1) is 17.1. The summed E-state index contributed by atoms with van der Waals surface area (Å²) in [6, 6.07) is 7.14. The summed E-state index contributed by atoms with van der Waals surface area (Å²) in [4.78, 5) is 27.0. The smallest absolute Gasteiger partial charge is 0.244 e. The van der Waals surface area contributed by atoms with E-state index >= 15 is 0 Å². The van der Waals surface area contributed by atoms with Crippen LogP contribution in [-0.4, -0.2) is 41.5 Å². The van der Waals surface area contributed by atoms with Crippen molar-refractivity contribution in [1.29, 1.82) is 0 Å². The normalized spacial score (nSPS) is 21.9. The molecule has 0 spiro atoms. The molecule has 1 aromatic carbocycles. The standard InChI is InChI=1S/C18H24N2O3S/c1-12(14-8-3-4-9-16(14)23-2)19-17(21)15-10-24-11-20(15)18(22)13-6-5-7-13/h3-4,8-9,12-13,15H,5-7,10-11H2,1-2H3,(H,19,21)/t12-,15+/m0/s1. The Balaban J connectivity index is 1.66. The van der Waals surface area contributed by atoms with E-state index in [4.69, 9.17) is 4.74 Å². The third-order valence-electron chi connectivity index (χ3n) is 4.89. The van der Waals surface area contributed by atoms with Crippen molar-refractivity contribution in [1.82, 2.24) is 10.2 Å². The van der Waals surface area contributed by atoms with Crippen molar-refractivity contribution >= 4 is 23.6 Å². The van der Waals surface area contributed by atoms with Crippen LogP contribution >= 0.6 is 11.8 Å². The molecule has 24 heavy (non-hydrogen) atoms. The maximum atomic E-state index is 12.7. The monoisotopic (exact) mass is 348 g/mol. The van der Waals surface area contributed by atoms with Gasteiger partial charge in [0, 0.05) is 17.2 Å². The summed E-state index contributed by atoms with van der Waals surface area (Å²) in [5.74, 6) is 2.25. The molecule has 1 heterocycles. The summed E-state index contributed by atoms with van der Waals surface area (Å²) < 4.78 is 5.37. The maximum absolute atomic E-state index is 12.7. The minimum atomic E-state index is -0.361. The Kier molecular flexibility index (Phi) is 5.33. The van der Waals surface area contributed by atoms with Gasteiger partial charge in [-0.1, -0.05) is 24.6 Å². The van der Waals surface area contributed by atoms with Crippen molar-refractivity contribution in [2.24, 2.45) is 5.92 Å². The fourth-order valence-electron chi connectivity index (χ4n) is 3.18. The minimum Gasteiger partial charge on any atom is -0.496 e. The van der Waals surface area contributed by atoms with Crippen molar-refractivity contribution in [3.05, 3.63) is 29.8 Å². The fourth-order valence-corrected chi connectivity index (χ4v) is 4.34. The van der Waals surface area contributed by atoms with E-state index in [0.717, 1.165) is 30.6 Å². The van der Waals surface area contributed by atoms with Crippen LogP contribution in [0.25, 0.3) is 0 Å². The van der Waals surface area contributed by atoms with E-state index in [1.807, 2.05) is 31.2 Å². The number of nitrogens with one attached hydrogen (secondary N) is 1. The highest BCUT2D eigenvalue weighted by Gasteiger charge is 2.39. The highest BCUT2D eigenvalue weighted by atomic mass is 32.2. The Morgan fingerprint density at radius 2 is 2.08 bits per heavy atom. The van der Waals surface area contributed by atoms with E-state index in [0.29, 0.717) is 11.6 Å². The van der Waals surface area contributed by atoms with E-state index in [1.54, 1.807) is 23.8 Å². The zero-order valence-corrected chi connectivity index (χ0v) is 15.0. The van der Waals surface area contributed by atoms with E-state index in [-0.39, 0.29) is 29.8 Å². The Labute approximate surface area is 147 Å². The molecular weight excluding hydrogens is 324 g/mol. The molecule has 2 fully saturated rings. The van der Waals surface area contributed by atoms with Crippen LogP contribution in [0.1, 0.15) is 37.8 Å². The van der Waals surface area contributed by atoms with Crippen LogP contribution in [0.2, 0.25) is 0 Å². The second kappa shape index (κ2) is 7.47. The SMILES string of the molecule is COc1ccccc1[C@H](C)NC(=O)[C@H]1CSCN1C(=O)C1CCC1. The molecule has 0 radical (unpaired) electrons. The first-order valence-corrected chi connectivity index (χ1v) is 9.58. The van der Waals surface area contributed by atoms with Gasteiger partial charge < -0.3 is 15.0 Å². The van der Waals surface area contributed by atoms with Gasteiger partial charge in [-0.25, -0.2) is 0 Å². The Morgan fingerprint density at radius 1 is 1.33 bits per heavy atom. The largest absolute Gasteiger partial charge is 0.496 e. The molecule has 130 valence electrons. The van der Waals surface area contributed by atoms with Crippen LogP contribution in [0.15, 0.2) is 24.3 Å². The molecule has 2 amide bonds. The van der Waals surface area contributed by atoms with Crippen LogP contribution in [0.3, 0.4) is 0 Å². The second-order valence-corrected chi connectivity index (χ2v) is 7.42. The number of nitrogens with zero attached hydrogens (tertiary/aromatic N) is 1. The number of amides is 2. The third-order valence-corrected chi connectivity index (χ3v) is 5.90. The number of hydrogen-bond acceptors (Lipinski definition) is 4. The van der Waals surface area contributed by atoms with Gasteiger partial charge in [0.05, 0.1) is 19.0 Å². The number of carbonyl (C=O) groups is 2. The molecule has 0 unspecified atom stereocenters. The van der Waals surface area contributed by atoms with Crippen molar-refractivity contribution in [2.75, 3.05) is 18.7 Å². The lowest BCUT2D eigenvalue weighted by Crippen LogP contribution is -2.50. The molecular formula is C18H24N2O3S. The van der Waals surface area contributed by atoms with Gasteiger partial charge >= 0.3 is 0 Å². The van der Waals surface area contributed by atoms with E-state index in [2.05, 4.69) is 5.32 Å².